The first-order valence-corrected chi connectivity index (χ1v) is 8.59. The zero-order valence-corrected chi connectivity index (χ0v) is 11.9. The number of hydrogen-bond donors (Lipinski definition) is 1. The van der Waals surface area contributed by atoms with Gasteiger partial charge in [0.05, 0.1) is 6.23 Å². The van der Waals surface area contributed by atoms with Gasteiger partial charge in [0.2, 0.25) is 0 Å². The Bertz CT molecular complexity index is 158. The molecule has 0 radical (unpaired) electrons. The third-order valence-corrected chi connectivity index (χ3v) is 5.53. The standard InChI is InChI=1S/C11H27NO2Si/c1-6-8-9-10-15(5,13-7-2)14-11(3)12-4/h11-12H,6-10H2,1-5H3. The summed E-state index contributed by atoms with van der Waals surface area (Å²) < 4.78 is 11.8. The molecule has 92 valence electrons. The van der Waals surface area contributed by atoms with Crippen molar-refractivity contribution in [3.05, 3.63) is 0 Å². The van der Waals surface area contributed by atoms with Crippen molar-refractivity contribution in [1.29, 1.82) is 0 Å². The summed E-state index contributed by atoms with van der Waals surface area (Å²) in [7, 11) is -0.0190. The molecule has 0 rings (SSSR count). The zero-order chi connectivity index (χ0) is 11.7. The third kappa shape index (κ3) is 7.06. The molecule has 2 atom stereocenters. The van der Waals surface area contributed by atoms with Gasteiger partial charge in [0, 0.05) is 6.61 Å². The fourth-order valence-electron chi connectivity index (χ4n) is 1.60. The Morgan fingerprint density at radius 3 is 2.40 bits per heavy atom. The highest BCUT2D eigenvalue weighted by Crippen LogP contribution is 2.19. The quantitative estimate of drug-likeness (QED) is 0.377. The summed E-state index contributed by atoms with van der Waals surface area (Å²) in [5.41, 5.74) is 0. The van der Waals surface area contributed by atoms with Crippen LogP contribution < -0.4 is 5.32 Å². The highest BCUT2D eigenvalue weighted by atomic mass is 28.4. The van der Waals surface area contributed by atoms with E-state index in [-0.39, 0.29) is 6.23 Å². The maximum absolute atomic E-state index is 5.98. The van der Waals surface area contributed by atoms with Crippen molar-refractivity contribution in [3.8, 4) is 0 Å². The Hall–Kier alpha value is 0.0969. The Kier molecular flexibility index (Phi) is 8.33. The number of unbranched alkanes of at least 4 members (excludes halogenated alkanes) is 2. The average molecular weight is 233 g/mol. The molecule has 15 heavy (non-hydrogen) atoms. The summed E-state index contributed by atoms with van der Waals surface area (Å²) in [6.07, 6.45) is 3.83. The van der Waals surface area contributed by atoms with Crippen LogP contribution in [0, 0.1) is 0 Å². The second-order valence-electron chi connectivity index (χ2n) is 4.07. The van der Waals surface area contributed by atoms with Gasteiger partial charge >= 0.3 is 8.56 Å². The van der Waals surface area contributed by atoms with Crippen molar-refractivity contribution in [2.45, 2.75) is 58.9 Å². The molecule has 0 aromatic heterocycles. The highest BCUT2D eigenvalue weighted by Gasteiger charge is 2.32. The lowest BCUT2D eigenvalue weighted by Crippen LogP contribution is -2.44. The molecule has 0 spiro atoms. The van der Waals surface area contributed by atoms with Gasteiger partial charge in [0.25, 0.3) is 0 Å². The van der Waals surface area contributed by atoms with Crippen LogP contribution in [0.1, 0.15) is 40.0 Å². The summed E-state index contributed by atoms with van der Waals surface area (Å²) in [6.45, 7) is 9.21. The van der Waals surface area contributed by atoms with Crippen molar-refractivity contribution in [2.75, 3.05) is 13.7 Å². The van der Waals surface area contributed by atoms with Crippen LogP contribution in [0.2, 0.25) is 12.6 Å². The lowest BCUT2D eigenvalue weighted by molar-refractivity contribution is 0.113. The van der Waals surface area contributed by atoms with Gasteiger partial charge in [-0.1, -0.05) is 26.2 Å². The Labute approximate surface area is 95.8 Å². The minimum Gasteiger partial charge on any atom is -0.395 e. The Morgan fingerprint density at radius 1 is 1.27 bits per heavy atom. The van der Waals surface area contributed by atoms with E-state index in [4.69, 9.17) is 8.85 Å². The summed E-state index contributed by atoms with van der Waals surface area (Å²) >= 11 is 0. The predicted octanol–water partition coefficient (Wildman–Crippen LogP) is 2.87. The minimum absolute atomic E-state index is 0.0924. The van der Waals surface area contributed by atoms with E-state index in [1.807, 2.05) is 20.9 Å². The Morgan fingerprint density at radius 2 is 1.93 bits per heavy atom. The van der Waals surface area contributed by atoms with Gasteiger partial charge in [-0.15, -0.1) is 0 Å². The van der Waals surface area contributed by atoms with Crippen LogP contribution >= 0.6 is 0 Å². The van der Waals surface area contributed by atoms with Crippen LogP contribution in [-0.2, 0) is 8.85 Å². The molecule has 0 saturated carbocycles. The fourth-order valence-corrected chi connectivity index (χ4v) is 4.30. The molecule has 0 aromatic rings. The molecule has 2 unspecified atom stereocenters. The van der Waals surface area contributed by atoms with Gasteiger partial charge in [-0.2, -0.15) is 0 Å². The van der Waals surface area contributed by atoms with E-state index < -0.39 is 8.56 Å². The summed E-state index contributed by atoms with van der Waals surface area (Å²) in [5.74, 6) is 0. The molecule has 3 nitrogen and oxygen atoms in total. The largest absolute Gasteiger partial charge is 0.395 e. The van der Waals surface area contributed by atoms with Crippen LogP contribution in [0.5, 0.6) is 0 Å². The van der Waals surface area contributed by atoms with Crippen molar-refractivity contribution in [1.82, 2.24) is 5.32 Å². The van der Waals surface area contributed by atoms with Crippen LogP contribution in [0.4, 0.5) is 0 Å². The van der Waals surface area contributed by atoms with Gasteiger partial charge in [-0.3, -0.25) is 5.32 Å². The fraction of sp³-hybridized carbons (Fsp3) is 1.00. The summed E-state index contributed by atoms with van der Waals surface area (Å²) in [4.78, 5) is 0. The first kappa shape index (κ1) is 15.1. The van der Waals surface area contributed by atoms with E-state index in [1.165, 1.54) is 19.3 Å². The molecule has 4 heteroatoms. The molecule has 1 N–H and O–H groups in total. The van der Waals surface area contributed by atoms with Gasteiger partial charge in [-0.25, -0.2) is 0 Å². The molecule has 0 heterocycles. The lowest BCUT2D eigenvalue weighted by atomic mass is 10.3. The van der Waals surface area contributed by atoms with E-state index in [1.54, 1.807) is 0 Å². The zero-order valence-electron chi connectivity index (χ0n) is 10.9. The molecule has 0 amide bonds. The molecule has 0 fully saturated rings. The van der Waals surface area contributed by atoms with Crippen molar-refractivity contribution >= 4 is 8.56 Å². The van der Waals surface area contributed by atoms with Crippen LogP contribution in [0.25, 0.3) is 0 Å². The second kappa shape index (κ2) is 8.27. The SMILES string of the molecule is CCCCC[Si](C)(OCC)OC(C)NC. The normalized spacial score (nSPS) is 17.4. The van der Waals surface area contributed by atoms with Crippen LogP contribution in [-0.4, -0.2) is 28.4 Å². The maximum atomic E-state index is 5.98. The molecular weight excluding hydrogens is 206 g/mol. The Balaban J connectivity index is 4.05. The third-order valence-electron chi connectivity index (χ3n) is 2.52. The molecule has 0 aliphatic heterocycles. The molecule has 0 aliphatic carbocycles. The first-order chi connectivity index (χ1) is 7.08. The van der Waals surface area contributed by atoms with Gasteiger partial charge in [0.15, 0.2) is 0 Å². The first-order valence-electron chi connectivity index (χ1n) is 6.07. The van der Waals surface area contributed by atoms with Crippen LogP contribution in [0.3, 0.4) is 0 Å². The summed E-state index contributed by atoms with van der Waals surface area (Å²) in [6, 6.07) is 1.10. The average Bonchev–Trinajstić information content (AvgIpc) is 2.18. The van der Waals surface area contributed by atoms with Crippen LogP contribution in [0.15, 0.2) is 0 Å². The second-order valence-corrected chi connectivity index (χ2v) is 7.36. The molecule has 0 aromatic carbocycles. The number of rotatable bonds is 9. The lowest BCUT2D eigenvalue weighted by Gasteiger charge is -2.29. The maximum Gasteiger partial charge on any atom is 0.336 e. The van der Waals surface area contributed by atoms with Crippen molar-refractivity contribution < 1.29 is 8.85 Å². The minimum atomic E-state index is -1.93. The van der Waals surface area contributed by atoms with E-state index in [9.17, 15) is 0 Å². The molecule has 0 aliphatic rings. The summed E-state index contributed by atoms with van der Waals surface area (Å²) in [5, 5.41) is 3.10. The molecule has 0 saturated heterocycles. The number of nitrogens with one attached hydrogen (secondary N) is 1. The predicted molar refractivity (Wildman–Crippen MR) is 67.2 cm³/mol. The molecule has 0 bridgehead atoms. The van der Waals surface area contributed by atoms with E-state index >= 15 is 0 Å². The topological polar surface area (TPSA) is 30.5 Å². The molecular formula is C11H27NO2Si. The van der Waals surface area contributed by atoms with Crippen molar-refractivity contribution in [2.24, 2.45) is 0 Å². The van der Waals surface area contributed by atoms with Gasteiger partial charge in [-0.05, 0) is 33.5 Å². The highest BCUT2D eigenvalue weighted by molar-refractivity contribution is 6.66. The van der Waals surface area contributed by atoms with Gasteiger partial charge in [0.1, 0.15) is 0 Å². The van der Waals surface area contributed by atoms with E-state index in [2.05, 4.69) is 18.8 Å². The number of hydrogen-bond acceptors (Lipinski definition) is 3. The van der Waals surface area contributed by atoms with Crippen molar-refractivity contribution in [3.63, 3.8) is 0 Å². The van der Waals surface area contributed by atoms with E-state index in [0.717, 1.165) is 12.7 Å². The van der Waals surface area contributed by atoms with E-state index in [0.29, 0.717) is 0 Å². The smallest absolute Gasteiger partial charge is 0.336 e. The van der Waals surface area contributed by atoms with Gasteiger partial charge < -0.3 is 8.85 Å². The monoisotopic (exact) mass is 233 g/mol.